The maximum absolute atomic E-state index is 12.4. The van der Waals surface area contributed by atoms with Crippen LogP contribution in [0.2, 0.25) is 0 Å². The van der Waals surface area contributed by atoms with E-state index in [4.69, 9.17) is 5.11 Å². The number of amides is 3. The third-order valence-corrected chi connectivity index (χ3v) is 5.74. The molecular formula is C20H33N5O6. The Morgan fingerprint density at radius 1 is 1.03 bits per heavy atom. The predicted octanol–water partition coefficient (Wildman–Crippen LogP) is -1.91. The lowest BCUT2D eigenvalue weighted by Crippen LogP contribution is -2.45. The van der Waals surface area contributed by atoms with Crippen molar-refractivity contribution in [3.8, 4) is 0 Å². The number of carboxylic acids is 1. The summed E-state index contributed by atoms with van der Waals surface area (Å²) in [6, 6.07) is 0. The van der Waals surface area contributed by atoms with Crippen LogP contribution in [0.3, 0.4) is 0 Å². The molecule has 2 N–H and O–H groups in total. The Labute approximate surface area is 182 Å². The first kappa shape index (κ1) is 24.9. The van der Waals surface area contributed by atoms with Crippen molar-refractivity contribution in [3.05, 3.63) is 0 Å². The van der Waals surface area contributed by atoms with Gasteiger partial charge in [0.2, 0.25) is 17.7 Å². The lowest BCUT2D eigenvalue weighted by Gasteiger charge is -2.24. The van der Waals surface area contributed by atoms with Crippen molar-refractivity contribution < 1.29 is 29.1 Å². The van der Waals surface area contributed by atoms with Gasteiger partial charge in [0.25, 0.3) is 0 Å². The Morgan fingerprint density at radius 2 is 1.61 bits per heavy atom. The largest absolute Gasteiger partial charge is 0.480 e. The Bertz CT molecular complexity index is 672. The second-order valence-corrected chi connectivity index (χ2v) is 7.96. The maximum Gasteiger partial charge on any atom is 0.317 e. The zero-order valence-corrected chi connectivity index (χ0v) is 18.1. The fourth-order valence-electron chi connectivity index (χ4n) is 3.85. The first-order valence-corrected chi connectivity index (χ1v) is 10.8. The average Bonchev–Trinajstić information content (AvgIpc) is 3.03. The van der Waals surface area contributed by atoms with Gasteiger partial charge in [-0.3, -0.25) is 38.8 Å². The fourth-order valence-corrected chi connectivity index (χ4v) is 3.85. The molecule has 0 radical (unpaired) electrons. The highest BCUT2D eigenvalue weighted by Crippen LogP contribution is 2.21. The van der Waals surface area contributed by atoms with Crippen molar-refractivity contribution in [1.82, 2.24) is 24.9 Å². The number of likely N-dealkylation sites (tertiary alicyclic amines) is 1. The van der Waals surface area contributed by atoms with Crippen LogP contribution in [-0.2, 0) is 24.0 Å². The van der Waals surface area contributed by atoms with Crippen LogP contribution in [0.4, 0.5) is 0 Å². The van der Waals surface area contributed by atoms with Crippen LogP contribution in [-0.4, -0.2) is 127 Å². The van der Waals surface area contributed by atoms with E-state index in [1.807, 2.05) is 16.7 Å². The number of hydrogen-bond acceptors (Lipinski definition) is 8. The van der Waals surface area contributed by atoms with Crippen LogP contribution < -0.4 is 5.32 Å². The molecular weight excluding hydrogens is 406 g/mol. The molecule has 0 aromatic rings. The summed E-state index contributed by atoms with van der Waals surface area (Å²) in [7, 11) is 0. The lowest BCUT2D eigenvalue weighted by molar-refractivity contribution is -0.140. The number of nitrogens with one attached hydrogen (secondary N) is 1. The minimum Gasteiger partial charge on any atom is -0.480 e. The summed E-state index contributed by atoms with van der Waals surface area (Å²) in [6.07, 6.45) is 1.68. The van der Waals surface area contributed by atoms with Crippen molar-refractivity contribution in [3.63, 3.8) is 0 Å². The molecule has 11 nitrogen and oxygen atoms in total. The van der Waals surface area contributed by atoms with E-state index in [1.165, 1.54) is 4.90 Å². The smallest absolute Gasteiger partial charge is 0.317 e. The van der Waals surface area contributed by atoms with Crippen molar-refractivity contribution >= 4 is 30.0 Å². The summed E-state index contributed by atoms with van der Waals surface area (Å²) in [5.74, 6) is -1.76. The lowest BCUT2D eigenvalue weighted by atomic mass is 10.1. The van der Waals surface area contributed by atoms with Gasteiger partial charge in [-0.25, -0.2) is 0 Å². The van der Waals surface area contributed by atoms with Gasteiger partial charge in [0, 0.05) is 64.7 Å². The van der Waals surface area contributed by atoms with E-state index in [0.29, 0.717) is 45.7 Å². The molecule has 174 valence electrons. The molecule has 31 heavy (non-hydrogen) atoms. The highest BCUT2D eigenvalue weighted by molar-refractivity contribution is 6.03. The highest BCUT2D eigenvalue weighted by Gasteiger charge is 2.36. The summed E-state index contributed by atoms with van der Waals surface area (Å²) in [6.45, 7) is 5.85. The van der Waals surface area contributed by atoms with E-state index in [2.05, 4.69) is 5.32 Å². The van der Waals surface area contributed by atoms with Crippen LogP contribution in [0, 0.1) is 5.92 Å². The van der Waals surface area contributed by atoms with Gasteiger partial charge in [-0.1, -0.05) is 6.92 Å². The molecule has 2 saturated heterocycles. The number of nitrogens with zero attached hydrogens (tertiary/aromatic N) is 4. The van der Waals surface area contributed by atoms with E-state index < -0.39 is 5.97 Å². The zero-order chi connectivity index (χ0) is 22.8. The normalized spacial score (nSPS) is 22.1. The summed E-state index contributed by atoms with van der Waals surface area (Å²) in [4.78, 5) is 65.4. The second kappa shape index (κ2) is 12.5. The maximum atomic E-state index is 12.4. The molecule has 1 unspecified atom stereocenters. The van der Waals surface area contributed by atoms with E-state index in [9.17, 15) is 24.0 Å². The molecule has 0 bridgehead atoms. The molecule has 0 aliphatic carbocycles. The number of rotatable bonds is 10. The van der Waals surface area contributed by atoms with Crippen LogP contribution >= 0.6 is 0 Å². The molecule has 0 saturated carbocycles. The van der Waals surface area contributed by atoms with Crippen molar-refractivity contribution in [1.29, 1.82) is 0 Å². The SMILES string of the molecule is CCC1CC(=O)N(CCNC(=O)CN2CCN(CC=O)CCN(CC(=O)O)CC2)C1=O. The standard InChI is InChI=1S/C20H33N5O6/c1-2-16-13-18(28)25(20(16)31)4-3-21-17(27)14-23-7-5-22(11-12-26)6-8-24(10-9-23)15-19(29)30/h12,16H,2-11,13-15H2,1H3,(H,21,27)(H,29,30). The Hall–Kier alpha value is -2.37. The van der Waals surface area contributed by atoms with Gasteiger partial charge in [-0.05, 0) is 6.42 Å². The van der Waals surface area contributed by atoms with Crippen LogP contribution in [0.15, 0.2) is 0 Å². The summed E-state index contributed by atoms with van der Waals surface area (Å²) >= 11 is 0. The number of aliphatic carboxylic acids is 1. The summed E-state index contributed by atoms with van der Waals surface area (Å²) in [5.41, 5.74) is 0. The first-order chi connectivity index (χ1) is 14.8. The molecule has 2 heterocycles. The van der Waals surface area contributed by atoms with E-state index >= 15 is 0 Å². The summed E-state index contributed by atoms with van der Waals surface area (Å²) < 4.78 is 0. The molecule has 2 rings (SSSR count). The quantitative estimate of drug-likeness (QED) is 0.296. The monoisotopic (exact) mass is 439 g/mol. The highest BCUT2D eigenvalue weighted by atomic mass is 16.4. The third kappa shape index (κ3) is 8.00. The molecule has 0 aromatic carbocycles. The Balaban J connectivity index is 1.83. The molecule has 2 aliphatic rings. The number of carbonyl (C=O) groups is 5. The van der Waals surface area contributed by atoms with Crippen LogP contribution in [0.25, 0.3) is 0 Å². The molecule has 2 aliphatic heterocycles. The van der Waals surface area contributed by atoms with Crippen molar-refractivity contribution in [2.75, 3.05) is 72.0 Å². The number of carbonyl (C=O) groups excluding carboxylic acids is 4. The van der Waals surface area contributed by atoms with Crippen molar-refractivity contribution in [2.45, 2.75) is 19.8 Å². The van der Waals surface area contributed by atoms with Crippen molar-refractivity contribution in [2.24, 2.45) is 5.92 Å². The molecule has 1 atom stereocenters. The number of hydrogen-bond donors (Lipinski definition) is 2. The molecule has 11 heteroatoms. The minimum atomic E-state index is -0.915. The van der Waals surface area contributed by atoms with E-state index in [1.54, 1.807) is 4.90 Å². The van der Waals surface area contributed by atoms with E-state index in [-0.39, 0.29) is 62.8 Å². The van der Waals surface area contributed by atoms with Gasteiger partial charge in [0.1, 0.15) is 6.29 Å². The third-order valence-electron chi connectivity index (χ3n) is 5.74. The number of imide groups is 1. The van der Waals surface area contributed by atoms with Gasteiger partial charge in [0.15, 0.2) is 0 Å². The van der Waals surface area contributed by atoms with Gasteiger partial charge in [-0.15, -0.1) is 0 Å². The topological polar surface area (TPSA) is 131 Å². The minimum absolute atomic E-state index is 0.0917. The van der Waals surface area contributed by atoms with Gasteiger partial charge in [-0.2, -0.15) is 0 Å². The average molecular weight is 440 g/mol. The molecule has 0 aromatic heterocycles. The first-order valence-electron chi connectivity index (χ1n) is 10.8. The number of aldehydes is 1. The number of carboxylic acid groups (broad SMARTS) is 1. The second-order valence-electron chi connectivity index (χ2n) is 7.96. The molecule has 3 amide bonds. The van der Waals surface area contributed by atoms with Crippen LogP contribution in [0.1, 0.15) is 19.8 Å². The van der Waals surface area contributed by atoms with Gasteiger partial charge in [0.05, 0.1) is 19.6 Å². The molecule has 0 spiro atoms. The zero-order valence-electron chi connectivity index (χ0n) is 18.1. The predicted molar refractivity (Wildman–Crippen MR) is 111 cm³/mol. The van der Waals surface area contributed by atoms with Gasteiger partial charge >= 0.3 is 5.97 Å². The van der Waals surface area contributed by atoms with E-state index in [0.717, 1.165) is 6.29 Å². The van der Waals surface area contributed by atoms with Crippen LogP contribution in [0.5, 0.6) is 0 Å². The molecule has 2 fully saturated rings. The Kier molecular flexibility index (Phi) is 10.0. The summed E-state index contributed by atoms with van der Waals surface area (Å²) in [5, 5.41) is 11.9. The fraction of sp³-hybridized carbons (Fsp3) is 0.750. The Morgan fingerprint density at radius 3 is 2.13 bits per heavy atom. The van der Waals surface area contributed by atoms with Gasteiger partial charge < -0.3 is 15.2 Å².